The van der Waals surface area contributed by atoms with Crippen LogP contribution in [0.15, 0.2) is 27.3 Å². The molecule has 0 unspecified atom stereocenters. The highest BCUT2D eigenvalue weighted by atomic mass is 16.2. The first-order chi connectivity index (χ1) is 11.8. The average Bonchev–Trinajstić information content (AvgIpc) is 2.95. The summed E-state index contributed by atoms with van der Waals surface area (Å²) in [6.45, 7) is 7.16. The van der Waals surface area contributed by atoms with Gasteiger partial charge in [-0.15, -0.1) is 6.58 Å². The number of allylic oxidation sites excluding steroid dienone is 1. The lowest BCUT2D eigenvalue weighted by atomic mass is 10.2. The average molecular weight is 345 g/mol. The van der Waals surface area contributed by atoms with Crippen LogP contribution >= 0.6 is 0 Å². The van der Waals surface area contributed by atoms with Gasteiger partial charge in [-0.2, -0.15) is 10.1 Å². The summed E-state index contributed by atoms with van der Waals surface area (Å²) < 4.78 is 4.08. The second-order valence-electron chi connectivity index (χ2n) is 5.94. The maximum absolute atomic E-state index is 12.9. The molecule has 2 aromatic rings. The van der Waals surface area contributed by atoms with Crippen LogP contribution in [0.1, 0.15) is 19.9 Å². The van der Waals surface area contributed by atoms with Gasteiger partial charge in [0.2, 0.25) is 11.9 Å². The summed E-state index contributed by atoms with van der Waals surface area (Å²) in [7, 11) is 1.54. The van der Waals surface area contributed by atoms with Crippen LogP contribution in [0.4, 0.5) is 5.95 Å². The molecule has 0 saturated carbocycles. The predicted molar refractivity (Wildman–Crippen MR) is 93.8 cm³/mol. The Labute approximate surface area is 142 Å². The monoisotopic (exact) mass is 345 g/mol. The van der Waals surface area contributed by atoms with Gasteiger partial charge in [0.25, 0.3) is 5.56 Å². The van der Waals surface area contributed by atoms with Crippen molar-refractivity contribution < 1.29 is 4.79 Å². The number of aryl methyl sites for hydroxylation is 1. The zero-order chi connectivity index (χ0) is 18.5. The SMILES string of the molecule is C=CCn1c(=O)c2c(nc3n2[C@@H](C)C(C)=NN3CC(N)=O)n(C)c1=O. The molecule has 2 aromatic heterocycles. The van der Waals surface area contributed by atoms with E-state index in [2.05, 4.69) is 16.7 Å². The molecule has 1 aliphatic heterocycles. The number of hydrogen-bond acceptors (Lipinski definition) is 6. The minimum absolute atomic E-state index is 0.0917. The molecule has 25 heavy (non-hydrogen) atoms. The van der Waals surface area contributed by atoms with Crippen molar-refractivity contribution in [3.8, 4) is 0 Å². The molecule has 1 aliphatic rings. The number of fused-ring (bicyclic) bond motifs is 3. The Hall–Kier alpha value is -3.17. The van der Waals surface area contributed by atoms with Crippen molar-refractivity contribution in [3.63, 3.8) is 0 Å². The van der Waals surface area contributed by atoms with Crippen molar-refractivity contribution in [2.75, 3.05) is 11.6 Å². The Morgan fingerprint density at radius 1 is 1.40 bits per heavy atom. The molecule has 0 radical (unpaired) electrons. The lowest BCUT2D eigenvalue weighted by Gasteiger charge is -2.28. The molecule has 0 fully saturated rings. The van der Waals surface area contributed by atoms with Gasteiger partial charge in [-0.3, -0.25) is 23.3 Å². The Morgan fingerprint density at radius 3 is 2.68 bits per heavy atom. The number of anilines is 1. The van der Waals surface area contributed by atoms with Crippen LogP contribution in [0.25, 0.3) is 11.2 Å². The highest BCUT2D eigenvalue weighted by Gasteiger charge is 2.31. The molecule has 0 aromatic carbocycles. The van der Waals surface area contributed by atoms with Crippen molar-refractivity contribution in [1.82, 2.24) is 18.7 Å². The number of amides is 1. The first kappa shape index (κ1) is 16.7. The van der Waals surface area contributed by atoms with E-state index in [9.17, 15) is 14.4 Å². The van der Waals surface area contributed by atoms with Crippen LogP contribution in [-0.4, -0.2) is 36.8 Å². The van der Waals surface area contributed by atoms with E-state index in [0.29, 0.717) is 11.7 Å². The van der Waals surface area contributed by atoms with Crippen LogP contribution in [0.3, 0.4) is 0 Å². The van der Waals surface area contributed by atoms with Crippen molar-refractivity contribution in [2.24, 2.45) is 17.9 Å². The number of carbonyl (C=O) groups is 1. The molecule has 3 rings (SSSR count). The van der Waals surface area contributed by atoms with Gasteiger partial charge in [0.1, 0.15) is 6.54 Å². The van der Waals surface area contributed by atoms with E-state index in [1.54, 1.807) is 18.5 Å². The number of hydrogen-bond donors (Lipinski definition) is 1. The molecular weight excluding hydrogens is 326 g/mol. The fourth-order valence-corrected chi connectivity index (χ4v) is 2.93. The summed E-state index contributed by atoms with van der Waals surface area (Å²) >= 11 is 0. The standard InChI is InChI=1S/C15H19N7O3/c1-5-6-20-13(24)11-12(19(4)15(20)25)17-14-21(7-10(16)23)18-8(2)9(3)22(11)14/h5,9H,1,6-7H2,2-4H3,(H2,16,23)/t9-/m0/s1. The Morgan fingerprint density at radius 2 is 2.08 bits per heavy atom. The van der Waals surface area contributed by atoms with E-state index in [1.807, 2.05) is 6.92 Å². The van der Waals surface area contributed by atoms with E-state index in [1.165, 1.54) is 15.7 Å². The minimum Gasteiger partial charge on any atom is -0.368 e. The molecule has 10 nitrogen and oxygen atoms in total. The molecule has 3 heterocycles. The van der Waals surface area contributed by atoms with Crippen LogP contribution in [0, 0.1) is 0 Å². The highest BCUT2D eigenvalue weighted by molar-refractivity contribution is 5.92. The minimum atomic E-state index is -0.581. The molecule has 1 atom stereocenters. The number of nitrogens with zero attached hydrogens (tertiary/aromatic N) is 6. The van der Waals surface area contributed by atoms with Gasteiger partial charge in [0.05, 0.1) is 11.8 Å². The summed E-state index contributed by atoms with van der Waals surface area (Å²) in [6.07, 6.45) is 1.48. The zero-order valence-corrected chi connectivity index (χ0v) is 14.3. The molecule has 0 bridgehead atoms. The smallest absolute Gasteiger partial charge is 0.332 e. The first-order valence-corrected chi connectivity index (χ1v) is 7.71. The number of nitrogens with two attached hydrogens (primary N) is 1. The lowest BCUT2D eigenvalue weighted by Crippen LogP contribution is -2.40. The third-order valence-corrected chi connectivity index (χ3v) is 4.28. The molecule has 2 N–H and O–H groups in total. The molecular formula is C15H19N7O3. The van der Waals surface area contributed by atoms with Gasteiger partial charge < -0.3 is 5.73 Å². The topological polar surface area (TPSA) is 121 Å². The largest absolute Gasteiger partial charge is 0.368 e. The van der Waals surface area contributed by atoms with Crippen molar-refractivity contribution in [2.45, 2.75) is 26.4 Å². The summed E-state index contributed by atoms with van der Waals surface area (Å²) in [5.41, 5.74) is 5.53. The number of rotatable bonds is 4. The number of aromatic nitrogens is 4. The van der Waals surface area contributed by atoms with Crippen molar-refractivity contribution in [3.05, 3.63) is 33.5 Å². The van der Waals surface area contributed by atoms with Crippen LogP contribution in [0.2, 0.25) is 0 Å². The Bertz CT molecular complexity index is 1040. The van der Waals surface area contributed by atoms with Crippen LogP contribution < -0.4 is 22.0 Å². The molecule has 132 valence electrons. The third-order valence-electron chi connectivity index (χ3n) is 4.28. The predicted octanol–water partition coefficient (Wildman–Crippen LogP) is -0.675. The molecule has 10 heteroatoms. The third kappa shape index (κ3) is 2.37. The number of imidazole rings is 1. The van der Waals surface area contributed by atoms with Gasteiger partial charge in [0, 0.05) is 13.6 Å². The lowest BCUT2D eigenvalue weighted by molar-refractivity contribution is -0.116. The number of hydrazone groups is 1. The number of carbonyl (C=O) groups excluding carboxylic acids is 1. The van der Waals surface area contributed by atoms with Gasteiger partial charge in [-0.25, -0.2) is 9.80 Å². The van der Waals surface area contributed by atoms with E-state index in [4.69, 9.17) is 5.73 Å². The van der Waals surface area contributed by atoms with E-state index >= 15 is 0 Å². The fraction of sp³-hybridized carbons (Fsp3) is 0.400. The summed E-state index contributed by atoms with van der Waals surface area (Å²) in [5.74, 6) is -0.280. The maximum atomic E-state index is 12.9. The summed E-state index contributed by atoms with van der Waals surface area (Å²) in [6, 6.07) is -0.258. The second kappa shape index (κ2) is 5.72. The van der Waals surface area contributed by atoms with Gasteiger partial charge in [0.15, 0.2) is 11.2 Å². The zero-order valence-electron chi connectivity index (χ0n) is 14.3. The van der Waals surface area contributed by atoms with Crippen LogP contribution in [-0.2, 0) is 18.4 Å². The van der Waals surface area contributed by atoms with E-state index in [-0.39, 0.29) is 30.3 Å². The normalized spacial score (nSPS) is 16.7. The van der Waals surface area contributed by atoms with Crippen LogP contribution in [0.5, 0.6) is 0 Å². The van der Waals surface area contributed by atoms with Crippen molar-refractivity contribution >= 4 is 28.7 Å². The fourth-order valence-electron chi connectivity index (χ4n) is 2.93. The summed E-state index contributed by atoms with van der Waals surface area (Å²) in [5, 5.41) is 5.68. The Kier molecular flexibility index (Phi) is 3.82. The van der Waals surface area contributed by atoms with Gasteiger partial charge >= 0.3 is 5.69 Å². The van der Waals surface area contributed by atoms with Gasteiger partial charge in [-0.1, -0.05) is 6.08 Å². The second-order valence-corrected chi connectivity index (χ2v) is 5.94. The molecule has 1 amide bonds. The highest BCUT2D eigenvalue weighted by Crippen LogP contribution is 2.29. The number of primary amides is 1. The van der Waals surface area contributed by atoms with E-state index < -0.39 is 17.2 Å². The molecule has 0 aliphatic carbocycles. The van der Waals surface area contributed by atoms with Crippen molar-refractivity contribution in [1.29, 1.82) is 0 Å². The van der Waals surface area contributed by atoms with E-state index in [0.717, 1.165) is 4.57 Å². The van der Waals surface area contributed by atoms with Gasteiger partial charge in [-0.05, 0) is 13.8 Å². The first-order valence-electron chi connectivity index (χ1n) is 7.71. The maximum Gasteiger partial charge on any atom is 0.332 e. The molecule has 0 spiro atoms. The molecule has 0 saturated heterocycles. The quantitative estimate of drug-likeness (QED) is 0.736. The summed E-state index contributed by atoms with van der Waals surface area (Å²) in [4.78, 5) is 41.1. The Balaban J connectivity index is 2.41.